The highest BCUT2D eigenvalue weighted by molar-refractivity contribution is 5.73. The topological polar surface area (TPSA) is 41.0 Å². The molecule has 0 radical (unpaired) electrons. The summed E-state index contributed by atoms with van der Waals surface area (Å²) in [5, 5.41) is 3.42. The van der Waals surface area contributed by atoms with Gasteiger partial charge in [0, 0.05) is 19.6 Å². The smallest absolute Gasteiger partial charge is 0.0890 e. The molecule has 2 rings (SSSR count). The Kier molecular flexibility index (Phi) is 5.24. The highest BCUT2D eigenvalue weighted by Crippen LogP contribution is 2.07. The van der Waals surface area contributed by atoms with E-state index in [4.69, 9.17) is 0 Å². The lowest BCUT2D eigenvalue weighted by Gasteiger charge is -2.17. The molecular weight excluding hydrogens is 236 g/mol. The van der Waals surface area contributed by atoms with Crippen LogP contribution in [-0.4, -0.2) is 41.0 Å². The minimum Gasteiger partial charge on any atom is -0.310 e. The number of aromatic nitrogens is 2. The summed E-state index contributed by atoms with van der Waals surface area (Å²) in [6, 6.07) is 7.97. The fraction of sp³-hybridized carbons (Fsp3) is 0.467. The largest absolute Gasteiger partial charge is 0.310 e. The first kappa shape index (κ1) is 13.9. The van der Waals surface area contributed by atoms with E-state index in [1.165, 1.54) is 0 Å². The third kappa shape index (κ3) is 3.98. The molecule has 0 atom stereocenters. The van der Waals surface area contributed by atoms with Gasteiger partial charge in [-0.25, -0.2) is 4.98 Å². The molecule has 2 aromatic rings. The third-order valence-corrected chi connectivity index (χ3v) is 3.30. The Labute approximate surface area is 114 Å². The van der Waals surface area contributed by atoms with E-state index < -0.39 is 0 Å². The SMILES string of the molecule is CCN(CC)CCNCc1cnc2ccccc2n1. The van der Waals surface area contributed by atoms with Gasteiger partial charge in [-0.3, -0.25) is 4.98 Å². The van der Waals surface area contributed by atoms with Gasteiger partial charge in [0.1, 0.15) is 0 Å². The van der Waals surface area contributed by atoms with E-state index in [2.05, 4.69) is 34.0 Å². The average molecular weight is 258 g/mol. The second kappa shape index (κ2) is 7.16. The maximum Gasteiger partial charge on any atom is 0.0890 e. The van der Waals surface area contributed by atoms with Crippen molar-refractivity contribution in [3.63, 3.8) is 0 Å². The zero-order valence-corrected chi connectivity index (χ0v) is 11.8. The third-order valence-electron chi connectivity index (χ3n) is 3.30. The zero-order chi connectivity index (χ0) is 13.5. The number of nitrogens with one attached hydrogen (secondary N) is 1. The molecule has 102 valence electrons. The van der Waals surface area contributed by atoms with Crippen LogP contribution in [0.25, 0.3) is 11.0 Å². The number of likely N-dealkylation sites (N-methyl/N-ethyl adjacent to an activating group) is 1. The molecule has 0 spiro atoms. The number of hydrogen-bond donors (Lipinski definition) is 1. The van der Waals surface area contributed by atoms with Crippen molar-refractivity contribution < 1.29 is 0 Å². The monoisotopic (exact) mass is 258 g/mol. The predicted octanol–water partition coefficient (Wildman–Crippen LogP) is 2.06. The number of rotatable bonds is 7. The number of hydrogen-bond acceptors (Lipinski definition) is 4. The molecule has 4 heteroatoms. The van der Waals surface area contributed by atoms with Gasteiger partial charge in [0.2, 0.25) is 0 Å². The van der Waals surface area contributed by atoms with E-state index in [0.717, 1.165) is 49.5 Å². The molecule has 0 aliphatic heterocycles. The lowest BCUT2D eigenvalue weighted by Crippen LogP contribution is -2.31. The Hall–Kier alpha value is -1.52. The number of nitrogens with zero attached hydrogens (tertiary/aromatic N) is 3. The second-order valence-electron chi connectivity index (χ2n) is 4.55. The zero-order valence-electron chi connectivity index (χ0n) is 11.8. The normalized spacial score (nSPS) is 11.3. The summed E-state index contributed by atoms with van der Waals surface area (Å²) >= 11 is 0. The molecule has 19 heavy (non-hydrogen) atoms. The molecule has 0 aliphatic carbocycles. The van der Waals surface area contributed by atoms with Gasteiger partial charge in [-0.15, -0.1) is 0 Å². The molecule has 4 nitrogen and oxygen atoms in total. The second-order valence-corrected chi connectivity index (χ2v) is 4.55. The molecule has 0 unspecified atom stereocenters. The Morgan fingerprint density at radius 3 is 2.58 bits per heavy atom. The first-order chi connectivity index (χ1) is 9.33. The number of benzene rings is 1. The van der Waals surface area contributed by atoms with Crippen molar-refractivity contribution in [1.29, 1.82) is 0 Å². The first-order valence-electron chi connectivity index (χ1n) is 6.97. The van der Waals surface area contributed by atoms with Crippen molar-refractivity contribution >= 4 is 11.0 Å². The van der Waals surface area contributed by atoms with Gasteiger partial charge in [0.05, 0.1) is 22.9 Å². The van der Waals surface area contributed by atoms with Gasteiger partial charge < -0.3 is 10.2 Å². The van der Waals surface area contributed by atoms with Crippen LogP contribution in [0.4, 0.5) is 0 Å². The van der Waals surface area contributed by atoms with Gasteiger partial charge in [0.15, 0.2) is 0 Å². The number of fused-ring (bicyclic) bond motifs is 1. The molecule has 0 bridgehead atoms. The van der Waals surface area contributed by atoms with Crippen LogP contribution in [-0.2, 0) is 6.54 Å². The average Bonchev–Trinajstić information content (AvgIpc) is 2.47. The van der Waals surface area contributed by atoms with Crippen LogP contribution >= 0.6 is 0 Å². The molecule has 0 aliphatic rings. The van der Waals surface area contributed by atoms with Gasteiger partial charge >= 0.3 is 0 Å². The van der Waals surface area contributed by atoms with Crippen molar-refractivity contribution in [3.8, 4) is 0 Å². The number of para-hydroxylation sites is 2. The van der Waals surface area contributed by atoms with Crippen LogP contribution in [0.1, 0.15) is 19.5 Å². The predicted molar refractivity (Wildman–Crippen MR) is 79.0 cm³/mol. The first-order valence-corrected chi connectivity index (χ1v) is 6.97. The standard InChI is InChI=1S/C15H22N4/c1-3-19(4-2)10-9-16-11-13-12-17-14-7-5-6-8-15(14)18-13/h5-8,12,16H,3-4,9-11H2,1-2H3. The molecule has 1 N–H and O–H groups in total. The van der Waals surface area contributed by atoms with Crippen LogP contribution in [0.5, 0.6) is 0 Å². The summed E-state index contributed by atoms with van der Waals surface area (Å²) in [5.41, 5.74) is 2.91. The van der Waals surface area contributed by atoms with E-state index in [-0.39, 0.29) is 0 Å². The molecule has 1 aromatic carbocycles. The Bertz CT molecular complexity index is 508. The molecule has 1 heterocycles. The maximum absolute atomic E-state index is 4.59. The maximum atomic E-state index is 4.59. The van der Waals surface area contributed by atoms with E-state index in [1.807, 2.05) is 30.5 Å². The van der Waals surface area contributed by atoms with Crippen LogP contribution in [0.15, 0.2) is 30.5 Å². The van der Waals surface area contributed by atoms with Gasteiger partial charge in [-0.1, -0.05) is 26.0 Å². The van der Waals surface area contributed by atoms with E-state index in [0.29, 0.717) is 0 Å². The Morgan fingerprint density at radius 1 is 1.11 bits per heavy atom. The summed E-state index contributed by atoms with van der Waals surface area (Å²) in [4.78, 5) is 11.4. The van der Waals surface area contributed by atoms with Crippen molar-refractivity contribution in [2.24, 2.45) is 0 Å². The van der Waals surface area contributed by atoms with Crippen LogP contribution in [0, 0.1) is 0 Å². The minimum absolute atomic E-state index is 0.777. The van der Waals surface area contributed by atoms with Crippen molar-refractivity contribution in [1.82, 2.24) is 20.2 Å². The van der Waals surface area contributed by atoms with Gasteiger partial charge in [0.25, 0.3) is 0 Å². The van der Waals surface area contributed by atoms with Crippen molar-refractivity contribution in [2.75, 3.05) is 26.2 Å². The molecule has 0 saturated carbocycles. The Balaban J connectivity index is 1.84. The highest BCUT2D eigenvalue weighted by atomic mass is 15.1. The molecular formula is C15H22N4. The van der Waals surface area contributed by atoms with Gasteiger partial charge in [-0.05, 0) is 25.2 Å². The highest BCUT2D eigenvalue weighted by Gasteiger charge is 2.00. The summed E-state index contributed by atoms with van der Waals surface area (Å²) in [5.74, 6) is 0. The molecule has 1 aromatic heterocycles. The van der Waals surface area contributed by atoms with E-state index in [9.17, 15) is 0 Å². The fourth-order valence-corrected chi connectivity index (χ4v) is 2.07. The Morgan fingerprint density at radius 2 is 1.84 bits per heavy atom. The fourth-order valence-electron chi connectivity index (χ4n) is 2.07. The summed E-state index contributed by atoms with van der Waals surface area (Å²) < 4.78 is 0. The van der Waals surface area contributed by atoms with E-state index in [1.54, 1.807) is 0 Å². The van der Waals surface area contributed by atoms with E-state index >= 15 is 0 Å². The lowest BCUT2D eigenvalue weighted by molar-refractivity contribution is 0.302. The quantitative estimate of drug-likeness (QED) is 0.772. The summed E-state index contributed by atoms with van der Waals surface area (Å²) in [6.45, 7) is 9.43. The minimum atomic E-state index is 0.777. The van der Waals surface area contributed by atoms with Gasteiger partial charge in [-0.2, -0.15) is 0 Å². The molecule has 0 fully saturated rings. The summed E-state index contributed by atoms with van der Waals surface area (Å²) in [7, 11) is 0. The van der Waals surface area contributed by atoms with Crippen molar-refractivity contribution in [3.05, 3.63) is 36.2 Å². The molecule has 0 saturated heterocycles. The van der Waals surface area contributed by atoms with Crippen LogP contribution < -0.4 is 5.32 Å². The van der Waals surface area contributed by atoms with Crippen molar-refractivity contribution in [2.45, 2.75) is 20.4 Å². The van der Waals surface area contributed by atoms with Crippen LogP contribution in [0.3, 0.4) is 0 Å². The summed E-state index contributed by atoms with van der Waals surface area (Å²) in [6.07, 6.45) is 1.85. The molecule has 0 amide bonds. The lowest BCUT2D eigenvalue weighted by atomic mass is 10.3. The van der Waals surface area contributed by atoms with Crippen LogP contribution in [0.2, 0.25) is 0 Å².